The molecule has 0 aliphatic carbocycles. The van der Waals surface area contributed by atoms with Crippen molar-refractivity contribution < 1.29 is 12.9 Å². The van der Waals surface area contributed by atoms with Gasteiger partial charge in [-0.3, -0.25) is 0 Å². The summed E-state index contributed by atoms with van der Waals surface area (Å²) in [4.78, 5) is 4.10. The summed E-state index contributed by atoms with van der Waals surface area (Å²) in [6, 6.07) is 2.72. The van der Waals surface area contributed by atoms with E-state index < -0.39 is 16.1 Å². The molecule has 1 N–H and O–H groups in total. The zero-order valence-electron chi connectivity index (χ0n) is 10.8. The van der Waals surface area contributed by atoms with Crippen LogP contribution in [0.4, 0.5) is 0 Å². The van der Waals surface area contributed by atoms with E-state index in [0.717, 1.165) is 0 Å². The molecule has 0 aliphatic rings. The van der Waals surface area contributed by atoms with E-state index in [0.29, 0.717) is 5.82 Å². The second-order valence-electron chi connectivity index (χ2n) is 4.45. The van der Waals surface area contributed by atoms with Gasteiger partial charge in [0.2, 0.25) is 5.89 Å². The van der Waals surface area contributed by atoms with Crippen LogP contribution in [0.25, 0.3) is 0 Å². The van der Waals surface area contributed by atoms with E-state index in [2.05, 4.69) is 14.9 Å². The van der Waals surface area contributed by atoms with Gasteiger partial charge in [0.1, 0.15) is 10.3 Å². The van der Waals surface area contributed by atoms with Gasteiger partial charge in [-0.15, -0.1) is 11.3 Å². The maximum Gasteiger partial charge on any atom is 0.250 e. The Balaban J connectivity index is 2.28. The maximum atomic E-state index is 12.2. The molecule has 1 atom stereocenters. The fourth-order valence-corrected chi connectivity index (χ4v) is 3.90. The van der Waals surface area contributed by atoms with Crippen molar-refractivity contribution in [2.45, 2.75) is 31.0 Å². The fourth-order valence-electron chi connectivity index (χ4n) is 1.55. The summed E-state index contributed by atoms with van der Waals surface area (Å²) in [5.74, 6) is 0.762. The van der Waals surface area contributed by atoms with Gasteiger partial charge < -0.3 is 4.52 Å². The first kappa shape index (κ1) is 14.2. The molecule has 0 saturated heterocycles. The topological polar surface area (TPSA) is 85.1 Å². The average molecular weight is 301 g/mol. The lowest BCUT2D eigenvalue weighted by Crippen LogP contribution is -2.31. The van der Waals surface area contributed by atoms with Gasteiger partial charge in [-0.2, -0.15) is 9.71 Å². The Bertz CT molecular complexity index is 632. The van der Waals surface area contributed by atoms with Crippen LogP contribution < -0.4 is 4.72 Å². The van der Waals surface area contributed by atoms with Crippen molar-refractivity contribution in [2.24, 2.45) is 5.92 Å². The number of nitrogens with one attached hydrogen (secondary N) is 1. The lowest BCUT2D eigenvalue weighted by Gasteiger charge is -2.17. The molecule has 2 aromatic heterocycles. The highest BCUT2D eigenvalue weighted by atomic mass is 32.2. The molecule has 104 valence electrons. The Morgan fingerprint density at radius 1 is 1.42 bits per heavy atom. The molecule has 0 bridgehead atoms. The van der Waals surface area contributed by atoms with Crippen LogP contribution in [-0.4, -0.2) is 18.6 Å². The van der Waals surface area contributed by atoms with E-state index in [1.807, 2.05) is 13.8 Å². The Morgan fingerprint density at radius 2 is 2.16 bits per heavy atom. The average Bonchev–Trinajstić information content (AvgIpc) is 2.96. The second kappa shape index (κ2) is 5.40. The van der Waals surface area contributed by atoms with Crippen molar-refractivity contribution in [2.75, 3.05) is 0 Å². The number of sulfonamides is 1. The monoisotopic (exact) mass is 301 g/mol. The molecule has 0 saturated carbocycles. The maximum absolute atomic E-state index is 12.2. The van der Waals surface area contributed by atoms with Crippen LogP contribution in [0.1, 0.15) is 31.6 Å². The third-order valence-electron chi connectivity index (χ3n) is 2.52. The summed E-state index contributed by atoms with van der Waals surface area (Å²) in [6.45, 7) is 5.47. The van der Waals surface area contributed by atoms with Gasteiger partial charge in [0, 0.05) is 0 Å². The van der Waals surface area contributed by atoms with Gasteiger partial charge in [-0.05, 0) is 24.3 Å². The van der Waals surface area contributed by atoms with Crippen molar-refractivity contribution in [3.63, 3.8) is 0 Å². The lowest BCUT2D eigenvalue weighted by molar-refractivity contribution is 0.310. The first-order valence-corrected chi connectivity index (χ1v) is 8.12. The molecule has 2 aromatic rings. The normalized spacial score (nSPS) is 13.9. The SMILES string of the molecule is Cc1noc([C@@H](NS(=O)(=O)c2cccs2)C(C)C)n1. The van der Waals surface area contributed by atoms with Crippen LogP contribution in [0.15, 0.2) is 26.2 Å². The Labute approximate surface area is 115 Å². The number of aromatic nitrogens is 2. The first-order valence-electron chi connectivity index (χ1n) is 5.76. The van der Waals surface area contributed by atoms with Crippen molar-refractivity contribution in [3.8, 4) is 0 Å². The summed E-state index contributed by atoms with van der Waals surface area (Å²) in [5.41, 5.74) is 0. The molecule has 8 heteroatoms. The summed E-state index contributed by atoms with van der Waals surface area (Å²) in [7, 11) is -3.56. The van der Waals surface area contributed by atoms with E-state index >= 15 is 0 Å². The number of hydrogen-bond donors (Lipinski definition) is 1. The standard InChI is InChI=1S/C11H15N3O3S2/c1-7(2)10(11-12-8(3)13-17-11)14-19(15,16)9-5-4-6-18-9/h4-7,10,14H,1-3H3/t10-/m0/s1. The van der Waals surface area contributed by atoms with Gasteiger partial charge >= 0.3 is 0 Å². The lowest BCUT2D eigenvalue weighted by atomic mass is 10.1. The minimum atomic E-state index is -3.56. The van der Waals surface area contributed by atoms with Crippen LogP contribution in [0.5, 0.6) is 0 Å². The molecular formula is C11H15N3O3S2. The van der Waals surface area contributed by atoms with Gasteiger partial charge in [0.15, 0.2) is 5.82 Å². The number of aryl methyl sites for hydroxylation is 1. The van der Waals surface area contributed by atoms with Gasteiger partial charge in [0.25, 0.3) is 10.0 Å². The van der Waals surface area contributed by atoms with Crippen molar-refractivity contribution in [3.05, 3.63) is 29.2 Å². The van der Waals surface area contributed by atoms with Crippen LogP contribution in [-0.2, 0) is 10.0 Å². The predicted molar refractivity (Wildman–Crippen MR) is 71.3 cm³/mol. The minimum absolute atomic E-state index is 0.00501. The van der Waals surface area contributed by atoms with E-state index in [1.54, 1.807) is 24.4 Å². The number of thiophene rings is 1. The zero-order valence-corrected chi connectivity index (χ0v) is 12.5. The van der Waals surface area contributed by atoms with Crippen LogP contribution in [0.2, 0.25) is 0 Å². The highest BCUT2D eigenvalue weighted by molar-refractivity contribution is 7.91. The summed E-state index contributed by atoms with van der Waals surface area (Å²) in [5, 5.41) is 5.41. The molecule has 0 aliphatic heterocycles. The smallest absolute Gasteiger partial charge is 0.250 e. The molecule has 0 unspecified atom stereocenters. The quantitative estimate of drug-likeness (QED) is 0.914. The van der Waals surface area contributed by atoms with E-state index in [4.69, 9.17) is 4.52 Å². The number of rotatable bonds is 5. The van der Waals surface area contributed by atoms with E-state index in [1.165, 1.54) is 11.3 Å². The summed E-state index contributed by atoms with van der Waals surface area (Å²) in [6.07, 6.45) is 0. The number of nitrogens with zero attached hydrogens (tertiary/aromatic N) is 2. The van der Waals surface area contributed by atoms with Crippen molar-refractivity contribution >= 4 is 21.4 Å². The summed E-state index contributed by atoms with van der Waals surface area (Å²) >= 11 is 1.17. The third-order valence-corrected chi connectivity index (χ3v) is 5.36. The molecule has 6 nitrogen and oxygen atoms in total. The highest BCUT2D eigenvalue weighted by Gasteiger charge is 2.28. The van der Waals surface area contributed by atoms with E-state index in [9.17, 15) is 8.42 Å². The number of hydrogen-bond acceptors (Lipinski definition) is 6. The third kappa shape index (κ3) is 3.20. The molecule has 0 amide bonds. The van der Waals surface area contributed by atoms with Gasteiger partial charge in [-0.1, -0.05) is 25.1 Å². The molecule has 0 aromatic carbocycles. The molecule has 2 rings (SSSR count). The Morgan fingerprint density at radius 3 is 2.63 bits per heavy atom. The molecule has 2 heterocycles. The second-order valence-corrected chi connectivity index (χ2v) is 7.34. The molecule has 0 fully saturated rings. The molecular weight excluding hydrogens is 286 g/mol. The van der Waals surface area contributed by atoms with E-state index in [-0.39, 0.29) is 16.0 Å². The first-order chi connectivity index (χ1) is 8.90. The Hall–Kier alpha value is -1.25. The zero-order chi connectivity index (χ0) is 14.0. The van der Waals surface area contributed by atoms with Crippen molar-refractivity contribution in [1.82, 2.24) is 14.9 Å². The fraction of sp³-hybridized carbons (Fsp3) is 0.455. The molecule has 0 radical (unpaired) electrons. The van der Waals surface area contributed by atoms with Crippen LogP contribution >= 0.6 is 11.3 Å². The summed E-state index contributed by atoms with van der Waals surface area (Å²) < 4.78 is 32.3. The van der Waals surface area contributed by atoms with Gasteiger partial charge in [0.05, 0.1) is 0 Å². The minimum Gasteiger partial charge on any atom is -0.338 e. The van der Waals surface area contributed by atoms with Crippen LogP contribution in [0.3, 0.4) is 0 Å². The highest BCUT2D eigenvalue weighted by Crippen LogP contribution is 2.24. The molecule has 0 spiro atoms. The molecule has 19 heavy (non-hydrogen) atoms. The largest absolute Gasteiger partial charge is 0.338 e. The Kier molecular flexibility index (Phi) is 4.02. The van der Waals surface area contributed by atoms with Crippen LogP contribution in [0, 0.1) is 12.8 Å². The van der Waals surface area contributed by atoms with Gasteiger partial charge in [-0.25, -0.2) is 8.42 Å². The predicted octanol–water partition coefficient (Wildman–Crippen LogP) is 2.12. The van der Waals surface area contributed by atoms with Crippen molar-refractivity contribution in [1.29, 1.82) is 0 Å².